The summed E-state index contributed by atoms with van der Waals surface area (Å²) in [5.41, 5.74) is 0. The molecule has 8 nitrogen and oxygen atoms in total. The maximum Gasteiger partial charge on any atom is 0.310 e. The van der Waals surface area contributed by atoms with Crippen LogP contribution in [0.4, 0.5) is 0 Å². The summed E-state index contributed by atoms with van der Waals surface area (Å²) in [6.07, 6.45) is 4.80. The largest absolute Gasteiger partial charge is 0.459 e. The first-order chi connectivity index (χ1) is 14.6. The van der Waals surface area contributed by atoms with Crippen LogP contribution in [0.5, 0.6) is 0 Å². The minimum Gasteiger partial charge on any atom is -0.459 e. The standard InChI is InChI=1S/C22H31NO7/c24-20(13-4-2-1-3-5-13)29-18-14-12-15-17(22(26)30-19(15)18)16(14)21(25)28-11-8-23-6-9-27-10-7-23/h13-19H,1-12H2/p+1. The van der Waals surface area contributed by atoms with E-state index >= 15 is 0 Å². The molecule has 30 heavy (non-hydrogen) atoms. The van der Waals surface area contributed by atoms with Gasteiger partial charge in [-0.1, -0.05) is 19.3 Å². The molecule has 6 atom stereocenters. The van der Waals surface area contributed by atoms with E-state index in [0.29, 0.717) is 13.0 Å². The van der Waals surface area contributed by atoms with Gasteiger partial charge in [0, 0.05) is 11.8 Å². The van der Waals surface area contributed by atoms with E-state index in [9.17, 15) is 14.4 Å². The van der Waals surface area contributed by atoms with Gasteiger partial charge < -0.3 is 23.8 Å². The monoisotopic (exact) mass is 422 g/mol. The van der Waals surface area contributed by atoms with Gasteiger partial charge in [-0.05, 0) is 19.3 Å². The van der Waals surface area contributed by atoms with Crippen molar-refractivity contribution in [3.63, 3.8) is 0 Å². The molecule has 0 aromatic carbocycles. The van der Waals surface area contributed by atoms with Crippen molar-refractivity contribution in [2.24, 2.45) is 29.6 Å². The third-order valence-electron chi connectivity index (χ3n) is 7.91. The van der Waals surface area contributed by atoms with Crippen LogP contribution in [0.25, 0.3) is 0 Å². The summed E-state index contributed by atoms with van der Waals surface area (Å²) in [5.74, 6) is -2.11. The second kappa shape index (κ2) is 8.46. The number of esters is 3. The molecule has 5 rings (SSSR count). The van der Waals surface area contributed by atoms with E-state index in [4.69, 9.17) is 18.9 Å². The molecule has 8 heteroatoms. The van der Waals surface area contributed by atoms with Gasteiger partial charge in [-0.3, -0.25) is 14.4 Å². The van der Waals surface area contributed by atoms with E-state index in [-0.39, 0.29) is 41.8 Å². The quantitative estimate of drug-likeness (QED) is 0.466. The molecule has 0 spiro atoms. The van der Waals surface area contributed by atoms with Crippen LogP contribution >= 0.6 is 0 Å². The van der Waals surface area contributed by atoms with E-state index in [2.05, 4.69) is 0 Å². The summed E-state index contributed by atoms with van der Waals surface area (Å²) in [6, 6.07) is 0. The van der Waals surface area contributed by atoms with Gasteiger partial charge >= 0.3 is 17.9 Å². The van der Waals surface area contributed by atoms with Crippen molar-refractivity contribution in [1.82, 2.24) is 0 Å². The van der Waals surface area contributed by atoms with Crippen molar-refractivity contribution in [3.8, 4) is 0 Å². The van der Waals surface area contributed by atoms with Crippen LogP contribution in [-0.4, -0.2) is 69.6 Å². The molecule has 0 aromatic heterocycles. The molecular weight excluding hydrogens is 390 g/mol. The molecule has 0 radical (unpaired) electrons. The molecule has 2 saturated heterocycles. The number of carbonyl (C=O) groups is 3. The summed E-state index contributed by atoms with van der Waals surface area (Å²) in [7, 11) is 0. The highest BCUT2D eigenvalue weighted by Crippen LogP contribution is 2.59. The summed E-state index contributed by atoms with van der Waals surface area (Å²) in [6.45, 7) is 4.38. The van der Waals surface area contributed by atoms with Crippen molar-refractivity contribution in [3.05, 3.63) is 0 Å². The SMILES string of the molecule is O=C(OC1C2CC3C1OC(=O)C3C2C(=O)OCC[NH+]1CCOCC1)C1CCCCC1. The fourth-order valence-corrected chi connectivity index (χ4v) is 6.34. The number of fused-ring (bicyclic) bond motifs is 1. The summed E-state index contributed by atoms with van der Waals surface area (Å²) in [4.78, 5) is 39.5. The van der Waals surface area contributed by atoms with Gasteiger partial charge in [0.15, 0.2) is 0 Å². The first kappa shape index (κ1) is 20.2. The van der Waals surface area contributed by atoms with Crippen molar-refractivity contribution >= 4 is 17.9 Å². The Balaban J connectivity index is 1.21. The fraction of sp³-hybridized carbons (Fsp3) is 0.864. The highest BCUT2D eigenvalue weighted by Gasteiger charge is 2.70. The third-order valence-corrected chi connectivity index (χ3v) is 7.91. The molecular formula is C22H32NO7+. The van der Waals surface area contributed by atoms with Gasteiger partial charge in [-0.2, -0.15) is 0 Å². The average Bonchev–Trinajstić information content (AvgIpc) is 3.39. The minimum atomic E-state index is -0.551. The van der Waals surface area contributed by atoms with Gasteiger partial charge in [0.25, 0.3) is 0 Å². The van der Waals surface area contributed by atoms with Crippen molar-refractivity contribution in [1.29, 1.82) is 0 Å². The van der Waals surface area contributed by atoms with E-state index in [1.807, 2.05) is 0 Å². The van der Waals surface area contributed by atoms with Crippen LogP contribution < -0.4 is 4.90 Å². The van der Waals surface area contributed by atoms with Crippen LogP contribution in [-0.2, 0) is 33.3 Å². The predicted octanol–water partition coefficient (Wildman–Crippen LogP) is -0.256. The Hall–Kier alpha value is -1.67. The average molecular weight is 422 g/mol. The zero-order valence-corrected chi connectivity index (χ0v) is 17.4. The Morgan fingerprint density at radius 1 is 1.03 bits per heavy atom. The van der Waals surface area contributed by atoms with Gasteiger partial charge in [0.1, 0.15) is 38.4 Å². The Kier molecular flexibility index (Phi) is 5.71. The number of ether oxygens (including phenoxy) is 4. The molecule has 2 aliphatic heterocycles. The maximum absolute atomic E-state index is 12.9. The molecule has 5 aliphatic rings. The molecule has 5 fully saturated rings. The van der Waals surface area contributed by atoms with Crippen LogP contribution in [0, 0.1) is 29.6 Å². The zero-order valence-electron chi connectivity index (χ0n) is 17.4. The Morgan fingerprint density at radius 2 is 1.80 bits per heavy atom. The Morgan fingerprint density at radius 3 is 2.57 bits per heavy atom. The van der Waals surface area contributed by atoms with Crippen molar-refractivity contribution in [2.75, 3.05) is 39.5 Å². The van der Waals surface area contributed by atoms with Crippen molar-refractivity contribution in [2.45, 2.75) is 50.7 Å². The third kappa shape index (κ3) is 3.62. The molecule has 2 heterocycles. The smallest absolute Gasteiger partial charge is 0.310 e. The Labute approximate surface area is 176 Å². The van der Waals surface area contributed by atoms with Crippen LogP contribution in [0.2, 0.25) is 0 Å². The fourth-order valence-electron chi connectivity index (χ4n) is 6.34. The van der Waals surface area contributed by atoms with Gasteiger partial charge in [-0.15, -0.1) is 0 Å². The molecule has 166 valence electrons. The van der Waals surface area contributed by atoms with Crippen LogP contribution in [0.3, 0.4) is 0 Å². The first-order valence-corrected chi connectivity index (χ1v) is 11.6. The predicted molar refractivity (Wildman–Crippen MR) is 102 cm³/mol. The van der Waals surface area contributed by atoms with Crippen molar-refractivity contribution < 1.29 is 38.2 Å². The molecule has 0 aromatic rings. The minimum absolute atomic E-state index is 0.0333. The molecule has 0 amide bonds. The number of carbonyl (C=O) groups excluding carboxylic acids is 3. The van der Waals surface area contributed by atoms with E-state index in [1.54, 1.807) is 0 Å². The number of morpholine rings is 1. The number of hydrogen-bond donors (Lipinski definition) is 1. The molecule has 3 aliphatic carbocycles. The summed E-state index contributed by atoms with van der Waals surface area (Å²) in [5, 5.41) is 0. The molecule has 1 N–H and O–H groups in total. The van der Waals surface area contributed by atoms with E-state index in [0.717, 1.165) is 58.5 Å². The second-order valence-corrected chi connectivity index (χ2v) is 9.53. The number of rotatable bonds is 6. The first-order valence-electron chi connectivity index (χ1n) is 11.6. The summed E-state index contributed by atoms with van der Waals surface area (Å²) < 4.78 is 22.4. The van der Waals surface area contributed by atoms with E-state index < -0.39 is 17.9 Å². The van der Waals surface area contributed by atoms with E-state index in [1.165, 1.54) is 11.3 Å². The highest BCUT2D eigenvalue weighted by atomic mass is 16.6. The maximum atomic E-state index is 12.9. The lowest BCUT2D eigenvalue weighted by atomic mass is 9.78. The van der Waals surface area contributed by atoms with Gasteiger partial charge in [0.05, 0.1) is 31.0 Å². The Bertz CT molecular complexity index is 685. The lowest BCUT2D eigenvalue weighted by molar-refractivity contribution is -0.908. The van der Waals surface area contributed by atoms with Crippen LogP contribution in [0.1, 0.15) is 38.5 Å². The van der Waals surface area contributed by atoms with Crippen LogP contribution in [0.15, 0.2) is 0 Å². The lowest BCUT2D eigenvalue weighted by Crippen LogP contribution is -3.14. The zero-order chi connectivity index (χ0) is 20.7. The topological polar surface area (TPSA) is 92.6 Å². The second-order valence-electron chi connectivity index (χ2n) is 9.53. The van der Waals surface area contributed by atoms with Gasteiger partial charge in [0.2, 0.25) is 0 Å². The molecule has 2 bridgehead atoms. The number of quaternary nitrogens is 1. The number of nitrogens with one attached hydrogen (secondary N) is 1. The molecule has 3 saturated carbocycles. The summed E-state index contributed by atoms with van der Waals surface area (Å²) >= 11 is 0. The lowest BCUT2D eigenvalue weighted by Gasteiger charge is -2.32. The normalized spacial score (nSPS) is 38.5. The molecule has 6 unspecified atom stereocenters. The highest BCUT2D eigenvalue weighted by molar-refractivity contribution is 5.86. The van der Waals surface area contributed by atoms with Gasteiger partial charge in [-0.25, -0.2) is 0 Å². The number of hydrogen-bond acceptors (Lipinski definition) is 7.